The van der Waals surface area contributed by atoms with E-state index in [2.05, 4.69) is 13.5 Å². The Morgan fingerprint density at radius 3 is 2.12 bits per heavy atom. The van der Waals surface area contributed by atoms with Crippen LogP contribution in [0.3, 0.4) is 0 Å². The van der Waals surface area contributed by atoms with E-state index in [1.165, 1.54) is 39.0 Å². The summed E-state index contributed by atoms with van der Waals surface area (Å²) in [5.41, 5.74) is 0.202. The minimum absolute atomic E-state index is 0.0632. The van der Waals surface area contributed by atoms with Gasteiger partial charge in [-0.25, -0.2) is 9.59 Å². The predicted octanol–water partition coefficient (Wildman–Crippen LogP) is 2.88. The van der Waals surface area contributed by atoms with Gasteiger partial charge in [-0.05, 0) is 69.6 Å². The van der Waals surface area contributed by atoms with E-state index < -0.39 is 11.9 Å². The van der Waals surface area contributed by atoms with E-state index in [-0.39, 0.29) is 24.4 Å². The fourth-order valence-electron chi connectivity index (χ4n) is 5.06. The molecule has 0 aromatic rings. The van der Waals surface area contributed by atoms with Gasteiger partial charge in [-0.15, -0.1) is 0 Å². The summed E-state index contributed by atoms with van der Waals surface area (Å²) in [7, 11) is 0. The van der Waals surface area contributed by atoms with E-state index in [0.717, 1.165) is 11.8 Å². The first-order valence-corrected chi connectivity index (χ1v) is 9.00. The number of esters is 2. The summed E-state index contributed by atoms with van der Waals surface area (Å²) in [6.45, 7) is 7.46. The molecule has 5 nitrogen and oxygen atoms in total. The Morgan fingerprint density at radius 1 is 1.00 bits per heavy atom. The highest BCUT2D eigenvalue weighted by atomic mass is 16.6. The highest BCUT2D eigenvalue weighted by Crippen LogP contribution is 2.59. The van der Waals surface area contributed by atoms with Crippen LogP contribution in [-0.4, -0.2) is 37.4 Å². The number of carbonyl (C=O) groups is 2. The van der Waals surface area contributed by atoms with E-state index in [1.54, 1.807) is 0 Å². The molecule has 5 heteroatoms. The van der Waals surface area contributed by atoms with Crippen molar-refractivity contribution in [3.8, 4) is 0 Å². The van der Waals surface area contributed by atoms with Crippen LogP contribution >= 0.6 is 0 Å². The van der Waals surface area contributed by atoms with Gasteiger partial charge in [-0.3, -0.25) is 0 Å². The van der Waals surface area contributed by atoms with Crippen LogP contribution in [-0.2, 0) is 23.8 Å². The lowest BCUT2D eigenvalue weighted by atomic mass is 9.50. The van der Waals surface area contributed by atoms with Gasteiger partial charge >= 0.3 is 11.9 Å². The van der Waals surface area contributed by atoms with Crippen LogP contribution in [0, 0.1) is 23.7 Å². The minimum Gasteiger partial charge on any atom is -0.461 e. The van der Waals surface area contributed by atoms with Crippen molar-refractivity contribution in [3.05, 3.63) is 12.2 Å². The lowest BCUT2D eigenvalue weighted by molar-refractivity contribution is -0.200. The van der Waals surface area contributed by atoms with Crippen molar-refractivity contribution in [2.45, 2.75) is 51.6 Å². The Bertz CT molecular complexity index is 496. The van der Waals surface area contributed by atoms with Crippen LogP contribution in [0.5, 0.6) is 0 Å². The third-order valence-electron chi connectivity index (χ3n) is 6.19. The van der Waals surface area contributed by atoms with Gasteiger partial charge in [0.05, 0.1) is 12.2 Å². The molecule has 0 radical (unpaired) electrons. The van der Waals surface area contributed by atoms with Gasteiger partial charge in [0, 0.05) is 5.57 Å². The molecular weight excluding hydrogens is 308 g/mol. The van der Waals surface area contributed by atoms with Gasteiger partial charge in [0.1, 0.15) is 6.61 Å². The normalized spacial score (nSPS) is 36.4. The maximum Gasteiger partial charge on any atom is 0.344 e. The molecule has 0 unspecified atom stereocenters. The third kappa shape index (κ3) is 3.51. The zero-order valence-corrected chi connectivity index (χ0v) is 14.7. The Kier molecular flexibility index (Phi) is 5.00. The van der Waals surface area contributed by atoms with Gasteiger partial charge in [0.25, 0.3) is 0 Å². The number of hydrogen-bond donors (Lipinski definition) is 0. The standard InChI is InChI=1S/C19H28O5/c1-12(2)18(21)23-11-17(20)22-4-5-24-19(3)15-7-13-6-14(9-15)10-16(19)8-13/h13-16H,1,4-11H2,2-3H3. The monoisotopic (exact) mass is 336 g/mol. The van der Waals surface area contributed by atoms with Crippen molar-refractivity contribution in [1.29, 1.82) is 0 Å². The molecular formula is C19H28O5. The summed E-state index contributed by atoms with van der Waals surface area (Å²) >= 11 is 0. The minimum atomic E-state index is -0.579. The SMILES string of the molecule is C=C(C)C(=O)OCC(=O)OCCOC1(C)C2CC3CC(C2)CC1C3. The average Bonchev–Trinajstić information content (AvgIpc) is 2.53. The maximum atomic E-state index is 11.6. The van der Waals surface area contributed by atoms with Crippen molar-refractivity contribution >= 4 is 11.9 Å². The molecule has 4 aliphatic carbocycles. The number of hydrogen-bond acceptors (Lipinski definition) is 5. The first-order chi connectivity index (χ1) is 11.4. The molecule has 0 aromatic carbocycles. The van der Waals surface area contributed by atoms with Crippen molar-refractivity contribution < 1.29 is 23.8 Å². The lowest BCUT2D eigenvalue weighted by Crippen LogP contribution is -2.57. The molecule has 0 aromatic heterocycles. The highest BCUT2D eigenvalue weighted by Gasteiger charge is 2.55. The van der Waals surface area contributed by atoms with E-state index in [1.807, 2.05) is 0 Å². The number of rotatable bonds is 7. The van der Waals surface area contributed by atoms with Crippen molar-refractivity contribution in [3.63, 3.8) is 0 Å². The Labute approximate surface area is 143 Å². The topological polar surface area (TPSA) is 61.8 Å². The molecule has 4 saturated carbocycles. The zero-order valence-electron chi connectivity index (χ0n) is 14.7. The van der Waals surface area contributed by atoms with Crippen LogP contribution in [0.4, 0.5) is 0 Å². The van der Waals surface area contributed by atoms with Crippen LogP contribution in [0.2, 0.25) is 0 Å². The van der Waals surface area contributed by atoms with Crippen LogP contribution in [0.25, 0.3) is 0 Å². The van der Waals surface area contributed by atoms with Gasteiger partial charge in [-0.1, -0.05) is 6.58 Å². The molecule has 4 fully saturated rings. The first kappa shape index (κ1) is 17.5. The van der Waals surface area contributed by atoms with Crippen LogP contribution in [0.15, 0.2) is 12.2 Å². The Hall–Kier alpha value is -1.36. The quantitative estimate of drug-likeness (QED) is 0.406. The summed E-state index contributed by atoms with van der Waals surface area (Å²) in [5.74, 6) is 1.99. The second-order valence-electron chi connectivity index (χ2n) is 7.91. The summed E-state index contributed by atoms with van der Waals surface area (Å²) in [6, 6.07) is 0. The van der Waals surface area contributed by atoms with Crippen molar-refractivity contribution in [2.75, 3.05) is 19.8 Å². The lowest BCUT2D eigenvalue weighted by Gasteiger charge is -2.59. The van der Waals surface area contributed by atoms with Gasteiger partial charge in [-0.2, -0.15) is 0 Å². The first-order valence-electron chi connectivity index (χ1n) is 9.00. The molecule has 0 saturated heterocycles. The van der Waals surface area contributed by atoms with Crippen LogP contribution < -0.4 is 0 Å². The van der Waals surface area contributed by atoms with Gasteiger partial charge < -0.3 is 14.2 Å². The zero-order chi connectivity index (χ0) is 17.3. The molecule has 4 aliphatic rings. The largest absolute Gasteiger partial charge is 0.461 e. The molecule has 24 heavy (non-hydrogen) atoms. The van der Waals surface area contributed by atoms with E-state index in [9.17, 15) is 9.59 Å². The highest BCUT2D eigenvalue weighted by molar-refractivity contribution is 5.88. The number of ether oxygens (including phenoxy) is 3. The van der Waals surface area contributed by atoms with Gasteiger partial charge in [0.2, 0.25) is 0 Å². The van der Waals surface area contributed by atoms with E-state index >= 15 is 0 Å². The third-order valence-corrected chi connectivity index (χ3v) is 6.19. The summed E-state index contributed by atoms with van der Waals surface area (Å²) in [5, 5.41) is 0. The van der Waals surface area contributed by atoms with Crippen molar-refractivity contribution in [1.82, 2.24) is 0 Å². The summed E-state index contributed by atoms with van der Waals surface area (Å²) < 4.78 is 16.1. The van der Waals surface area contributed by atoms with E-state index in [4.69, 9.17) is 14.2 Å². The molecule has 0 spiro atoms. The summed E-state index contributed by atoms with van der Waals surface area (Å²) in [4.78, 5) is 22.8. The Balaban J connectivity index is 1.38. The second-order valence-corrected chi connectivity index (χ2v) is 7.91. The van der Waals surface area contributed by atoms with Crippen molar-refractivity contribution in [2.24, 2.45) is 23.7 Å². The average molecular weight is 336 g/mol. The molecule has 0 N–H and O–H groups in total. The van der Waals surface area contributed by atoms with Gasteiger partial charge in [0.15, 0.2) is 6.61 Å². The fraction of sp³-hybridized carbons (Fsp3) is 0.789. The molecule has 4 rings (SSSR count). The maximum absolute atomic E-state index is 11.6. The fourth-order valence-corrected chi connectivity index (χ4v) is 5.06. The summed E-state index contributed by atoms with van der Waals surface area (Å²) in [6.07, 6.45) is 6.59. The molecule has 0 atom stereocenters. The van der Waals surface area contributed by atoms with Crippen LogP contribution in [0.1, 0.15) is 46.0 Å². The predicted molar refractivity (Wildman–Crippen MR) is 88.1 cm³/mol. The van der Waals surface area contributed by atoms with E-state index in [0.29, 0.717) is 18.4 Å². The molecule has 0 heterocycles. The molecule has 0 amide bonds. The smallest absolute Gasteiger partial charge is 0.344 e. The molecule has 4 bridgehead atoms. The second kappa shape index (κ2) is 6.87. The molecule has 0 aliphatic heterocycles. The Morgan fingerprint density at radius 2 is 1.58 bits per heavy atom. The molecule has 134 valence electrons. The number of carbonyl (C=O) groups excluding carboxylic acids is 2.